The largest absolute Gasteiger partial charge is 0.393 e. The summed E-state index contributed by atoms with van der Waals surface area (Å²) < 4.78 is 1.69. The Kier molecular flexibility index (Phi) is 4.11. The van der Waals surface area contributed by atoms with Crippen molar-refractivity contribution >= 4 is 11.6 Å². The van der Waals surface area contributed by atoms with Gasteiger partial charge in [0.05, 0.1) is 11.7 Å². The molecule has 2 rings (SSSR count). The zero-order valence-electron chi connectivity index (χ0n) is 11.1. The van der Waals surface area contributed by atoms with E-state index < -0.39 is 0 Å². The Morgan fingerprint density at radius 3 is 3.00 bits per heavy atom. The van der Waals surface area contributed by atoms with Crippen molar-refractivity contribution < 1.29 is 9.90 Å². The van der Waals surface area contributed by atoms with Crippen LogP contribution in [0.4, 0.5) is 0 Å². The van der Waals surface area contributed by atoms with E-state index in [0.29, 0.717) is 24.2 Å². The van der Waals surface area contributed by atoms with Crippen LogP contribution in [0.1, 0.15) is 30.6 Å². The van der Waals surface area contributed by atoms with Gasteiger partial charge in [0.1, 0.15) is 6.33 Å². The Balaban J connectivity index is 1.92. The van der Waals surface area contributed by atoms with Gasteiger partial charge in [-0.1, -0.05) is 13.8 Å². The second-order valence-electron chi connectivity index (χ2n) is 4.87. The molecule has 1 amide bonds. The number of hydrogen-bond donors (Lipinski definition) is 2. The quantitative estimate of drug-likeness (QED) is 0.837. The smallest absolute Gasteiger partial charge is 0.252 e. The molecule has 19 heavy (non-hydrogen) atoms. The van der Waals surface area contributed by atoms with Crippen molar-refractivity contribution in [2.24, 2.45) is 5.92 Å². The molecule has 1 atom stereocenters. The molecular formula is C13H18N4O2. The van der Waals surface area contributed by atoms with Crippen LogP contribution < -0.4 is 5.32 Å². The number of rotatable bonds is 5. The average molecular weight is 262 g/mol. The minimum absolute atomic E-state index is 0.161. The Labute approximate surface area is 111 Å². The van der Waals surface area contributed by atoms with E-state index in [1.165, 1.54) is 0 Å². The molecule has 0 saturated carbocycles. The van der Waals surface area contributed by atoms with Crippen LogP contribution in [0.3, 0.4) is 0 Å². The predicted molar refractivity (Wildman–Crippen MR) is 70.8 cm³/mol. The van der Waals surface area contributed by atoms with Gasteiger partial charge in [-0.2, -0.15) is 0 Å². The SMILES string of the molecule is CC(C)C(O)CCNC(=O)c1ccc2nncn2c1. The van der Waals surface area contributed by atoms with E-state index in [2.05, 4.69) is 15.5 Å². The normalized spacial score (nSPS) is 12.8. The summed E-state index contributed by atoms with van der Waals surface area (Å²) in [6, 6.07) is 3.45. The van der Waals surface area contributed by atoms with Crippen LogP contribution in [0.15, 0.2) is 24.7 Å². The van der Waals surface area contributed by atoms with Crippen LogP contribution in [0.25, 0.3) is 5.65 Å². The fraction of sp³-hybridized carbons (Fsp3) is 0.462. The number of hydrogen-bond acceptors (Lipinski definition) is 4. The van der Waals surface area contributed by atoms with Crippen molar-refractivity contribution in [1.82, 2.24) is 19.9 Å². The minimum atomic E-state index is -0.388. The molecule has 0 aliphatic rings. The lowest BCUT2D eigenvalue weighted by Gasteiger charge is -2.14. The van der Waals surface area contributed by atoms with Crippen molar-refractivity contribution in [1.29, 1.82) is 0 Å². The molecule has 0 fully saturated rings. The van der Waals surface area contributed by atoms with Crippen molar-refractivity contribution in [3.05, 3.63) is 30.2 Å². The first-order valence-corrected chi connectivity index (χ1v) is 6.33. The number of aliphatic hydroxyl groups excluding tert-OH is 1. The molecule has 2 heterocycles. The van der Waals surface area contributed by atoms with Gasteiger partial charge in [0.25, 0.3) is 5.91 Å². The van der Waals surface area contributed by atoms with Gasteiger partial charge >= 0.3 is 0 Å². The Morgan fingerprint density at radius 1 is 1.47 bits per heavy atom. The monoisotopic (exact) mass is 262 g/mol. The summed E-state index contributed by atoms with van der Waals surface area (Å²) in [7, 11) is 0. The molecule has 6 heteroatoms. The maximum absolute atomic E-state index is 11.9. The van der Waals surface area contributed by atoms with E-state index in [9.17, 15) is 9.90 Å². The summed E-state index contributed by atoms with van der Waals surface area (Å²) in [6.07, 6.45) is 3.40. The van der Waals surface area contributed by atoms with Gasteiger partial charge in [0.2, 0.25) is 0 Å². The van der Waals surface area contributed by atoms with E-state index in [1.54, 1.807) is 29.1 Å². The van der Waals surface area contributed by atoms with Crippen LogP contribution in [0.5, 0.6) is 0 Å². The molecule has 2 N–H and O–H groups in total. The fourth-order valence-electron chi connectivity index (χ4n) is 1.73. The van der Waals surface area contributed by atoms with Crippen LogP contribution >= 0.6 is 0 Å². The first kappa shape index (κ1) is 13.5. The maximum Gasteiger partial charge on any atom is 0.252 e. The molecule has 0 aromatic carbocycles. The molecule has 0 saturated heterocycles. The Hall–Kier alpha value is -1.95. The van der Waals surface area contributed by atoms with Gasteiger partial charge in [-0.15, -0.1) is 10.2 Å². The van der Waals surface area contributed by atoms with Gasteiger partial charge in [-0.05, 0) is 24.5 Å². The minimum Gasteiger partial charge on any atom is -0.393 e. The van der Waals surface area contributed by atoms with Crippen molar-refractivity contribution in [2.75, 3.05) is 6.54 Å². The number of aliphatic hydroxyl groups is 1. The van der Waals surface area contributed by atoms with E-state index in [4.69, 9.17) is 0 Å². The summed E-state index contributed by atoms with van der Waals surface area (Å²) >= 11 is 0. The number of nitrogens with one attached hydrogen (secondary N) is 1. The molecule has 1 unspecified atom stereocenters. The molecule has 0 radical (unpaired) electrons. The zero-order valence-corrected chi connectivity index (χ0v) is 11.1. The first-order valence-electron chi connectivity index (χ1n) is 6.33. The number of fused-ring (bicyclic) bond motifs is 1. The summed E-state index contributed by atoms with van der Waals surface area (Å²) in [5, 5.41) is 20.1. The fourth-order valence-corrected chi connectivity index (χ4v) is 1.73. The summed E-state index contributed by atoms with van der Waals surface area (Å²) in [4.78, 5) is 11.9. The average Bonchev–Trinajstić information content (AvgIpc) is 2.85. The Morgan fingerprint density at radius 2 is 2.26 bits per heavy atom. The molecule has 6 nitrogen and oxygen atoms in total. The third-order valence-corrected chi connectivity index (χ3v) is 3.05. The highest BCUT2D eigenvalue weighted by molar-refractivity contribution is 5.94. The molecule has 0 bridgehead atoms. The second kappa shape index (κ2) is 5.79. The summed E-state index contributed by atoms with van der Waals surface area (Å²) in [5.41, 5.74) is 1.25. The van der Waals surface area contributed by atoms with Gasteiger partial charge < -0.3 is 10.4 Å². The zero-order chi connectivity index (χ0) is 13.8. The predicted octanol–water partition coefficient (Wildman–Crippen LogP) is 0.866. The van der Waals surface area contributed by atoms with Crippen LogP contribution in [-0.4, -0.2) is 38.3 Å². The third kappa shape index (κ3) is 3.29. The topological polar surface area (TPSA) is 79.5 Å². The number of pyridine rings is 1. The molecular weight excluding hydrogens is 244 g/mol. The van der Waals surface area contributed by atoms with Gasteiger partial charge in [0, 0.05) is 12.7 Å². The van der Waals surface area contributed by atoms with Crippen molar-refractivity contribution in [2.45, 2.75) is 26.4 Å². The van der Waals surface area contributed by atoms with E-state index in [-0.39, 0.29) is 17.9 Å². The third-order valence-electron chi connectivity index (χ3n) is 3.05. The standard InChI is InChI=1S/C13H18N4O2/c1-9(2)11(18)5-6-14-13(19)10-3-4-12-16-15-8-17(12)7-10/h3-4,7-9,11,18H,5-6H2,1-2H3,(H,14,19). The van der Waals surface area contributed by atoms with Crippen LogP contribution in [0, 0.1) is 5.92 Å². The summed E-state index contributed by atoms with van der Waals surface area (Å²) in [6.45, 7) is 4.36. The molecule has 2 aromatic heterocycles. The van der Waals surface area contributed by atoms with Crippen molar-refractivity contribution in [3.8, 4) is 0 Å². The summed E-state index contributed by atoms with van der Waals surface area (Å²) in [5.74, 6) is 0.0387. The first-order chi connectivity index (χ1) is 9.08. The maximum atomic E-state index is 11.9. The molecule has 0 aliphatic carbocycles. The van der Waals surface area contributed by atoms with E-state index >= 15 is 0 Å². The number of carbonyl (C=O) groups excluding carboxylic acids is 1. The van der Waals surface area contributed by atoms with Crippen LogP contribution in [0.2, 0.25) is 0 Å². The number of nitrogens with zero attached hydrogens (tertiary/aromatic N) is 3. The highest BCUT2D eigenvalue weighted by atomic mass is 16.3. The number of aromatic nitrogens is 3. The van der Waals surface area contributed by atoms with Crippen LogP contribution in [-0.2, 0) is 0 Å². The molecule has 2 aromatic rings. The van der Waals surface area contributed by atoms with Gasteiger partial charge in [-0.3, -0.25) is 9.20 Å². The Bertz CT molecular complexity index is 565. The molecule has 0 aliphatic heterocycles. The molecule has 102 valence electrons. The lowest BCUT2D eigenvalue weighted by Crippen LogP contribution is -2.28. The van der Waals surface area contributed by atoms with E-state index in [0.717, 1.165) is 0 Å². The highest BCUT2D eigenvalue weighted by Gasteiger charge is 2.11. The van der Waals surface area contributed by atoms with Gasteiger partial charge in [0.15, 0.2) is 5.65 Å². The van der Waals surface area contributed by atoms with Crippen molar-refractivity contribution in [3.63, 3.8) is 0 Å². The number of amides is 1. The highest BCUT2D eigenvalue weighted by Crippen LogP contribution is 2.06. The van der Waals surface area contributed by atoms with E-state index in [1.807, 2.05) is 13.8 Å². The molecule has 0 spiro atoms. The lowest BCUT2D eigenvalue weighted by atomic mass is 10.0. The number of carbonyl (C=O) groups is 1. The second-order valence-corrected chi connectivity index (χ2v) is 4.87. The lowest BCUT2D eigenvalue weighted by molar-refractivity contribution is 0.0920. The van der Waals surface area contributed by atoms with Gasteiger partial charge in [-0.25, -0.2) is 0 Å².